The Labute approximate surface area is 122 Å². The van der Waals surface area contributed by atoms with Crippen LogP contribution in [0.1, 0.15) is 5.56 Å². The average Bonchev–Trinajstić information content (AvgIpc) is 2.41. The second-order valence-electron chi connectivity index (χ2n) is 4.24. The van der Waals surface area contributed by atoms with Crippen LogP contribution in [-0.2, 0) is 11.2 Å². The lowest BCUT2D eigenvalue weighted by Gasteiger charge is -2.08. The summed E-state index contributed by atoms with van der Waals surface area (Å²) in [6, 6.07) is 11.6. The molecule has 5 heteroatoms. The Morgan fingerprint density at radius 3 is 2.80 bits per heavy atom. The molecule has 0 aliphatic heterocycles. The van der Waals surface area contributed by atoms with Gasteiger partial charge in [-0.25, -0.2) is 0 Å². The van der Waals surface area contributed by atoms with Gasteiger partial charge in [0.15, 0.2) is 0 Å². The quantitative estimate of drug-likeness (QED) is 0.909. The van der Waals surface area contributed by atoms with Crippen molar-refractivity contribution in [3.8, 4) is 11.5 Å². The zero-order valence-corrected chi connectivity index (χ0v) is 11.6. The molecule has 4 nitrogen and oxygen atoms in total. The van der Waals surface area contributed by atoms with Crippen LogP contribution in [0.15, 0.2) is 42.5 Å². The monoisotopic (exact) mass is 291 g/mol. The first kappa shape index (κ1) is 14.2. The summed E-state index contributed by atoms with van der Waals surface area (Å²) in [5.74, 6) is 0.463. The molecule has 0 spiro atoms. The van der Waals surface area contributed by atoms with Gasteiger partial charge in [-0.15, -0.1) is 0 Å². The molecule has 0 heterocycles. The number of halogens is 1. The first-order valence-corrected chi connectivity index (χ1v) is 6.37. The van der Waals surface area contributed by atoms with Crippen LogP contribution in [0.4, 0.5) is 5.69 Å². The van der Waals surface area contributed by atoms with Crippen LogP contribution >= 0.6 is 11.6 Å². The Morgan fingerprint density at radius 1 is 1.30 bits per heavy atom. The lowest BCUT2D eigenvalue weighted by molar-refractivity contribution is -0.115. The maximum atomic E-state index is 11.9. The van der Waals surface area contributed by atoms with Crippen molar-refractivity contribution in [2.75, 3.05) is 12.4 Å². The minimum absolute atomic E-state index is 0.142. The minimum atomic E-state index is -0.181. The molecule has 0 aliphatic carbocycles. The fourth-order valence-corrected chi connectivity index (χ4v) is 1.99. The molecule has 0 fully saturated rings. The summed E-state index contributed by atoms with van der Waals surface area (Å²) >= 11 is 5.91. The van der Waals surface area contributed by atoms with Crippen molar-refractivity contribution in [1.29, 1.82) is 0 Å². The maximum absolute atomic E-state index is 11.9. The number of amides is 1. The summed E-state index contributed by atoms with van der Waals surface area (Å²) in [4.78, 5) is 11.9. The van der Waals surface area contributed by atoms with E-state index in [2.05, 4.69) is 5.32 Å². The molecule has 0 saturated carbocycles. The van der Waals surface area contributed by atoms with Gasteiger partial charge in [0.05, 0.1) is 18.6 Å². The Kier molecular flexibility index (Phi) is 4.48. The summed E-state index contributed by atoms with van der Waals surface area (Å²) in [5.41, 5.74) is 1.35. The third-order valence-corrected chi connectivity index (χ3v) is 3.02. The number of carbonyl (C=O) groups is 1. The van der Waals surface area contributed by atoms with Crippen molar-refractivity contribution in [3.05, 3.63) is 53.1 Å². The van der Waals surface area contributed by atoms with Crippen molar-refractivity contribution in [2.24, 2.45) is 0 Å². The number of methoxy groups -OCH3 is 1. The van der Waals surface area contributed by atoms with E-state index < -0.39 is 0 Å². The Morgan fingerprint density at radius 2 is 2.10 bits per heavy atom. The highest BCUT2D eigenvalue weighted by molar-refractivity contribution is 6.32. The van der Waals surface area contributed by atoms with Gasteiger partial charge in [-0.05, 0) is 29.8 Å². The van der Waals surface area contributed by atoms with Crippen molar-refractivity contribution >= 4 is 23.2 Å². The predicted octanol–water partition coefficient (Wildman–Crippen LogP) is 3.24. The van der Waals surface area contributed by atoms with Gasteiger partial charge in [0, 0.05) is 11.8 Å². The Balaban J connectivity index is 2.04. The molecule has 20 heavy (non-hydrogen) atoms. The minimum Gasteiger partial charge on any atom is -0.508 e. The van der Waals surface area contributed by atoms with Gasteiger partial charge >= 0.3 is 0 Å². The highest BCUT2D eigenvalue weighted by Crippen LogP contribution is 2.27. The zero-order valence-electron chi connectivity index (χ0n) is 10.9. The second kappa shape index (κ2) is 6.30. The second-order valence-corrected chi connectivity index (χ2v) is 4.65. The van der Waals surface area contributed by atoms with Crippen molar-refractivity contribution in [1.82, 2.24) is 0 Å². The smallest absolute Gasteiger partial charge is 0.228 e. The van der Waals surface area contributed by atoms with Crippen LogP contribution in [0.3, 0.4) is 0 Å². The maximum Gasteiger partial charge on any atom is 0.228 e. The standard InChI is InChI=1S/C15H14ClNO3/c1-20-14-9-11(5-6-13(14)16)17-15(19)8-10-3-2-4-12(18)7-10/h2-7,9,18H,8H2,1H3,(H,17,19). The van der Waals surface area contributed by atoms with Crippen LogP contribution < -0.4 is 10.1 Å². The first-order chi connectivity index (χ1) is 9.58. The molecule has 2 rings (SSSR count). The van der Waals surface area contributed by atoms with Gasteiger partial charge in [-0.2, -0.15) is 0 Å². The Hall–Kier alpha value is -2.20. The number of carbonyl (C=O) groups excluding carboxylic acids is 1. The summed E-state index contributed by atoms with van der Waals surface area (Å²) in [5, 5.41) is 12.6. The molecule has 0 radical (unpaired) electrons. The van der Waals surface area contributed by atoms with E-state index in [4.69, 9.17) is 16.3 Å². The van der Waals surface area contributed by atoms with Gasteiger partial charge < -0.3 is 15.2 Å². The van der Waals surface area contributed by atoms with E-state index >= 15 is 0 Å². The number of hydrogen-bond donors (Lipinski definition) is 2. The highest BCUT2D eigenvalue weighted by atomic mass is 35.5. The number of aromatic hydroxyl groups is 1. The van der Waals surface area contributed by atoms with Gasteiger partial charge in [0.25, 0.3) is 0 Å². The van der Waals surface area contributed by atoms with Crippen LogP contribution in [-0.4, -0.2) is 18.1 Å². The molecule has 0 aromatic heterocycles. The summed E-state index contributed by atoms with van der Waals surface area (Å²) in [6.45, 7) is 0. The number of hydrogen-bond acceptors (Lipinski definition) is 3. The van der Waals surface area contributed by atoms with E-state index in [-0.39, 0.29) is 18.1 Å². The summed E-state index contributed by atoms with van der Waals surface area (Å²) < 4.78 is 5.08. The number of benzene rings is 2. The van der Waals surface area contributed by atoms with Gasteiger partial charge in [0.1, 0.15) is 11.5 Å². The molecule has 2 N–H and O–H groups in total. The molecular formula is C15H14ClNO3. The number of ether oxygens (including phenoxy) is 1. The van der Waals surface area contributed by atoms with Crippen LogP contribution in [0.25, 0.3) is 0 Å². The molecule has 0 atom stereocenters. The van der Waals surface area contributed by atoms with E-state index in [1.165, 1.54) is 7.11 Å². The van der Waals surface area contributed by atoms with E-state index in [1.807, 2.05) is 0 Å². The Bertz CT molecular complexity index is 628. The zero-order chi connectivity index (χ0) is 14.5. The number of phenols is 1. The summed E-state index contributed by atoms with van der Waals surface area (Å²) in [6.07, 6.45) is 0.180. The fourth-order valence-electron chi connectivity index (χ4n) is 1.79. The molecule has 0 bridgehead atoms. The average molecular weight is 292 g/mol. The molecule has 0 unspecified atom stereocenters. The van der Waals surface area contributed by atoms with E-state index in [9.17, 15) is 9.90 Å². The predicted molar refractivity (Wildman–Crippen MR) is 78.4 cm³/mol. The van der Waals surface area contributed by atoms with Crippen molar-refractivity contribution in [2.45, 2.75) is 6.42 Å². The third kappa shape index (κ3) is 3.65. The van der Waals surface area contributed by atoms with Crippen LogP contribution in [0, 0.1) is 0 Å². The van der Waals surface area contributed by atoms with Crippen molar-refractivity contribution < 1.29 is 14.6 Å². The fraction of sp³-hybridized carbons (Fsp3) is 0.133. The van der Waals surface area contributed by atoms with Crippen LogP contribution in [0.5, 0.6) is 11.5 Å². The number of phenolic OH excluding ortho intramolecular Hbond substituents is 1. The lowest BCUT2D eigenvalue weighted by atomic mass is 10.1. The summed E-state index contributed by atoms with van der Waals surface area (Å²) in [7, 11) is 1.51. The number of rotatable bonds is 4. The van der Waals surface area contributed by atoms with E-state index in [0.29, 0.717) is 16.5 Å². The largest absolute Gasteiger partial charge is 0.508 e. The highest BCUT2D eigenvalue weighted by Gasteiger charge is 2.07. The third-order valence-electron chi connectivity index (χ3n) is 2.71. The van der Waals surface area contributed by atoms with Crippen molar-refractivity contribution in [3.63, 3.8) is 0 Å². The lowest BCUT2D eigenvalue weighted by Crippen LogP contribution is -2.14. The molecule has 104 valence electrons. The number of anilines is 1. The number of nitrogens with one attached hydrogen (secondary N) is 1. The molecule has 2 aromatic carbocycles. The van der Waals surface area contributed by atoms with Gasteiger partial charge in [0.2, 0.25) is 5.91 Å². The van der Waals surface area contributed by atoms with Crippen LogP contribution in [0.2, 0.25) is 5.02 Å². The van der Waals surface area contributed by atoms with Gasteiger partial charge in [-0.3, -0.25) is 4.79 Å². The molecule has 0 aliphatic rings. The molecule has 2 aromatic rings. The molecular weight excluding hydrogens is 278 g/mol. The topological polar surface area (TPSA) is 58.6 Å². The molecule has 0 saturated heterocycles. The van der Waals surface area contributed by atoms with E-state index in [0.717, 1.165) is 5.56 Å². The molecule has 1 amide bonds. The normalized spacial score (nSPS) is 10.1. The SMILES string of the molecule is COc1cc(NC(=O)Cc2cccc(O)c2)ccc1Cl. The van der Waals surface area contributed by atoms with E-state index in [1.54, 1.807) is 42.5 Å². The van der Waals surface area contributed by atoms with Gasteiger partial charge in [-0.1, -0.05) is 23.7 Å². The first-order valence-electron chi connectivity index (χ1n) is 6.00.